The number of nitrogens with two attached hydrogens (primary N) is 1. The van der Waals surface area contributed by atoms with Gasteiger partial charge in [-0.2, -0.15) is 0 Å². The molecule has 16 heteroatoms. The minimum atomic E-state index is -0.912. The molecule has 0 aromatic heterocycles. The van der Waals surface area contributed by atoms with Crippen molar-refractivity contribution in [2.45, 2.75) is 150 Å². The van der Waals surface area contributed by atoms with Crippen LogP contribution in [0.3, 0.4) is 0 Å². The number of amides is 5. The number of carbonyl (C=O) groups is 6. The van der Waals surface area contributed by atoms with Crippen LogP contribution in [0.15, 0.2) is 30.3 Å². The topological polar surface area (TPSA) is 202 Å². The number of rotatable bonds is 28. The molecule has 1 aromatic rings. The molecule has 1 heterocycles. The number of ether oxygens (including phenoxy) is 3. The van der Waals surface area contributed by atoms with E-state index in [0.717, 1.165) is 5.56 Å². The van der Waals surface area contributed by atoms with Crippen molar-refractivity contribution in [3.63, 3.8) is 0 Å². The monoisotopic (exact) mass is 916 g/mol. The molecular formula is C49H85N7O9. The number of hydrogen-bond donors (Lipinski definition) is 4. The highest BCUT2D eigenvalue weighted by Gasteiger charge is 2.43. The minimum Gasteiger partial charge on any atom is -0.465 e. The van der Waals surface area contributed by atoms with Crippen molar-refractivity contribution in [1.29, 1.82) is 0 Å². The van der Waals surface area contributed by atoms with Crippen molar-refractivity contribution < 1.29 is 43.0 Å². The van der Waals surface area contributed by atoms with Gasteiger partial charge in [0.05, 0.1) is 54.7 Å². The summed E-state index contributed by atoms with van der Waals surface area (Å²) in [6.07, 6.45) is 1.76. The zero-order valence-electron chi connectivity index (χ0n) is 42.1. The van der Waals surface area contributed by atoms with Crippen LogP contribution in [0.1, 0.15) is 106 Å². The van der Waals surface area contributed by atoms with Gasteiger partial charge in [0.25, 0.3) is 0 Å². The molecule has 0 aliphatic carbocycles. The Morgan fingerprint density at radius 3 is 2.08 bits per heavy atom. The van der Waals surface area contributed by atoms with Gasteiger partial charge < -0.3 is 45.7 Å². The van der Waals surface area contributed by atoms with Gasteiger partial charge in [-0.15, -0.1) is 0 Å². The summed E-state index contributed by atoms with van der Waals surface area (Å²) in [5.74, 6) is -2.76. The number of nitrogens with zero attached hydrogens (tertiary/aromatic N) is 3. The number of likely N-dealkylation sites (tertiary alicyclic amines) is 1. The van der Waals surface area contributed by atoms with Crippen LogP contribution >= 0.6 is 0 Å². The van der Waals surface area contributed by atoms with Crippen molar-refractivity contribution in [3.05, 3.63) is 35.9 Å². The van der Waals surface area contributed by atoms with Crippen LogP contribution in [0.25, 0.3) is 0 Å². The van der Waals surface area contributed by atoms with E-state index in [2.05, 4.69) is 16.0 Å². The molecular weight excluding hydrogens is 831 g/mol. The number of hydrogen-bond acceptors (Lipinski definition) is 11. The number of methoxy groups -OCH3 is 2. The third kappa shape index (κ3) is 16.6. The highest BCUT2D eigenvalue weighted by Crippen LogP contribution is 2.30. The predicted molar refractivity (Wildman–Crippen MR) is 253 cm³/mol. The van der Waals surface area contributed by atoms with E-state index in [-0.39, 0.29) is 73.3 Å². The van der Waals surface area contributed by atoms with E-state index in [1.165, 1.54) is 7.11 Å². The smallest absolute Gasteiger partial charge is 0.311 e. The highest BCUT2D eigenvalue weighted by atomic mass is 16.5. The van der Waals surface area contributed by atoms with E-state index in [4.69, 9.17) is 19.9 Å². The Morgan fingerprint density at radius 1 is 0.892 bits per heavy atom. The third-order valence-corrected chi connectivity index (χ3v) is 13.0. The summed E-state index contributed by atoms with van der Waals surface area (Å²) in [6, 6.07) is 6.35. The Balaban J connectivity index is 2.25. The second-order valence-corrected chi connectivity index (χ2v) is 19.4. The summed E-state index contributed by atoms with van der Waals surface area (Å²) in [7, 11) is 8.49. The van der Waals surface area contributed by atoms with E-state index in [9.17, 15) is 28.8 Å². The molecule has 370 valence electrons. The van der Waals surface area contributed by atoms with Crippen LogP contribution < -0.4 is 21.7 Å². The van der Waals surface area contributed by atoms with Crippen molar-refractivity contribution >= 4 is 35.5 Å². The largest absolute Gasteiger partial charge is 0.465 e. The van der Waals surface area contributed by atoms with Crippen molar-refractivity contribution in [3.8, 4) is 0 Å². The number of likely N-dealkylation sites (N-methyl/N-ethyl adjacent to an activating group) is 2. The van der Waals surface area contributed by atoms with Crippen LogP contribution in [0, 0.1) is 29.1 Å². The molecule has 5 N–H and O–H groups in total. The Kier molecular flexibility index (Phi) is 24.1. The lowest BCUT2D eigenvalue weighted by molar-refractivity contribution is -0.154. The normalized spacial score (nSPS) is 18.0. The fraction of sp³-hybridized carbons (Fsp3) is 0.755. The predicted octanol–water partition coefficient (Wildman–Crippen LogP) is 3.79. The number of esters is 1. The summed E-state index contributed by atoms with van der Waals surface area (Å²) in [6.45, 7) is 18.3. The van der Waals surface area contributed by atoms with Gasteiger partial charge in [-0.05, 0) is 83.5 Å². The average molecular weight is 916 g/mol. The minimum absolute atomic E-state index is 0.0185. The first kappa shape index (κ1) is 57.0. The van der Waals surface area contributed by atoms with Gasteiger partial charge in [0.2, 0.25) is 29.5 Å². The second-order valence-electron chi connectivity index (χ2n) is 19.4. The SMILES string of the molecule is CC[C@H](C)[C@@H]([C@@H](CC(=O)N1CCC[C@H]1[C@H](OC)[C@@H](C)C(=O)N[C@@H](Cc1ccccc1)C(=O)NCCCOC(=O)C(C)(C)CCN)OC)N(C)C(=O)[C@@H](NC(=O)[C@H](C(C)C)N(C)C)C(C)C. The molecule has 1 saturated heterocycles. The summed E-state index contributed by atoms with van der Waals surface area (Å²) in [4.78, 5) is 87.7. The van der Waals surface area contributed by atoms with Crippen LogP contribution in [0.5, 0.6) is 0 Å². The van der Waals surface area contributed by atoms with Crippen molar-refractivity contribution in [2.75, 3.05) is 61.6 Å². The third-order valence-electron chi connectivity index (χ3n) is 13.0. The lowest BCUT2D eigenvalue weighted by Crippen LogP contribution is -2.59. The molecule has 0 spiro atoms. The van der Waals surface area contributed by atoms with Crippen molar-refractivity contribution in [1.82, 2.24) is 30.7 Å². The lowest BCUT2D eigenvalue weighted by Gasteiger charge is -2.41. The Hall–Kier alpha value is -4.12. The standard InChI is InChI=1S/C49H85N7O9/c1-15-33(6)42(55(12)47(61)40(31(2)3)53-46(60)41(32(4)5)54(10)11)38(63-13)30-39(57)56-27-19-23-37(56)43(64-14)34(7)44(58)52-36(29-35-21-17-16-18-22-35)45(59)51-26-20-28-65-48(62)49(8,9)24-25-50/h16-18,21-22,31-34,36-38,40-43H,15,19-20,23-30,50H2,1-14H3,(H,51,59)(H,52,58)(H,53,60)/t33-,34+,36-,37-,38+,40-,41-,42-,43+/m0/s1. The first-order valence-electron chi connectivity index (χ1n) is 23.7. The average Bonchev–Trinajstić information content (AvgIpc) is 3.74. The van der Waals surface area contributed by atoms with Gasteiger partial charge in [0.15, 0.2) is 0 Å². The Morgan fingerprint density at radius 2 is 1.54 bits per heavy atom. The molecule has 65 heavy (non-hydrogen) atoms. The molecule has 0 saturated carbocycles. The van der Waals surface area contributed by atoms with Gasteiger partial charge in [0, 0.05) is 40.8 Å². The van der Waals surface area contributed by atoms with E-state index >= 15 is 0 Å². The highest BCUT2D eigenvalue weighted by molar-refractivity contribution is 5.91. The van der Waals surface area contributed by atoms with Crippen LogP contribution in [-0.2, 0) is 49.4 Å². The Bertz CT molecular complexity index is 1650. The molecule has 2 rings (SSSR count). The first-order valence-corrected chi connectivity index (χ1v) is 23.7. The molecule has 1 aliphatic rings. The molecule has 0 unspecified atom stereocenters. The zero-order valence-corrected chi connectivity index (χ0v) is 42.1. The number of nitrogens with one attached hydrogen (secondary N) is 3. The number of carbonyl (C=O) groups excluding carboxylic acids is 6. The molecule has 1 aliphatic heterocycles. The quantitative estimate of drug-likeness (QED) is 0.0705. The van der Waals surface area contributed by atoms with Crippen molar-refractivity contribution in [2.24, 2.45) is 34.8 Å². The first-order chi connectivity index (χ1) is 30.6. The zero-order chi connectivity index (χ0) is 49.2. The maximum absolute atomic E-state index is 14.4. The molecule has 5 amide bonds. The summed E-state index contributed by atoms with van der Waals surface area (Å²) in [5, 5.41) is 8.90. The Labute approximate surface area is 390 Å². The van der Waals surface area contributed by atoms with E-state index in [1.54, 1.807) is 44.7 Å². The van der Waals surface area contributed by atoms with Gasteiger partial charge >= 0.3 is 5.97 Å². The fourth-order valence-electron chi connectivity index (χ4n) is 9.00. The van der Waals surface area contributed by atoms with Gasteiger partial charge in [-0.1, -0.05) is 85.2 Å². The maximum Gasteiger partial charge on any atom is 0.311 e. The van der Waals surface area contributed by atoms with Gasteiger partial charge in [-0.3, -0.25) is 33.7 Å². The molecule has 1 fully saturated rings. The van der Waals surface area contributed by atoms with Crippen LogP contribution in [0.4, 0.5) is 0 Å². The van der Waals surface area contributed by atoms with E-state index in [0.29, 0.717) is 45.2 Å². The lowest BCUT2D eigenvalue weighted by atomic mass is 9.89. The van der Waals surface area contributed by atoms with Crippen LogP contribution in [-0.4, -0.2) is 154 Å². The molecule has 0 bridgehead atoms. The van der Waals surface area contributed by atoms with Crippen LogP contribution in [0.2, 0.25) is 0 Å². The fourth-order valence-corrected chi connectivity index (χ4v) is 9.00. The summed E-state index contributed by atoms with van der Waals surface area (Å²) < 4.78 is 17.5. The molecule has 0 radical (unpaired) electrons. The maximum atomic E-state index is 14.4. The number of benzene rings is 1. The van der Waals surface area contributed by atoms with E-state index in [1.807, 2.05) is 90.9 Å². The molecule has 1 aromatic carbocycles. The van der Waals surface area contributed by atoms with Gasteiger partial charge in [-0.25, -0.2) is 0 Å². The summed E-state index contributed by atoms with van der Waals surface area (Å²) >= 11 is 0. The van der Waals surface area contributed by atoms with E-state index < -0.39 is 59.7 Å². The second kappa shape index (κ2) is 27.5. The molecule has 9 atom stereocenters. The van der Waals surface area contributed by atoms with Gasteiger partial charge in [0.1, 0.15) is 12.1 Å². The molecule has 16 nitrogen and oxygen atoms in total. The summed E-state index contributed by atoms with van der Waals surface area (Å²) in [5.41, 5.74) is 5.80.